The molecular weight excluding hydrogens is 328 g/mol. The highest BCUT2D eigenvalue weighted by Crippen LogP contribution is 2.29. The molecule has 0 aliphatic heterocycles. The second-order valence-corrected chi connectivity index (χ2v) is 6.02. The second kappa shape index (κ2) is 6.33. The minimum atomic E-state index is -0.481. The lowest BCUT2D eigenvalue weighted by atomic mass is 10.1. The molecule has 2 aromatic carbocycles. The fourth-order valence-electron chi connectivity index (χ4n) is 3.08. The predicted molar refractivity (Wildman–Crippen MR) is 101 cm³/mol. The van der Waals surface area contributed by atoms with Gasteiger partial charge in [0.1, 0.15) is 0 Å². The van der Waals surface area contributed by atoms with E-state index in [1.54, 1.807) is 18.3 Å². The zero-order chi connectivity index (χ0) is 18.1. The Morgan fingerprint density at radius 1 is 1.04 bits per heavy atom. The van der Waals surface area contributed by atoms with Gasteiger partial charge in [-0.25, -0.2) is 0 Å². The number of nitrogens with two attached hydrogens (primary N) is 1. The van der Waals surface area contributed by atoms with E-state index in [1.165, 1.54) is 0 Å². The Kier molecular flexibility index (Phi) is 3.85. The quantitative estimate of drug-likeness (QED) is 0.530. The number of benzene rings is 2. The van der Waals surface area contributed by atoms with Gasteiger partial charge >= 0.3 is 0 Å². The minimum Gasteiger partial charge on any atom is -0.366 e. The topological polar surface area (TPSA) is 101 Å². The summed E-state index contributed by atoms with van der Waals surface area (Å²) in [6.45, 7) is 0. The summed E-state index contributed by atoms with van der Waals surface area (Å²) < 4.78 is 0. The van der Waals surface area contributed by atoms with Gasteiger partial charge in [-0.3, -0.25) is 14.6 Å². The SMILES string of the molecule is NC(=O)c1cccc2c1[nH]c1cc(NC(=O)Cc3ccccn3)ccc12. The number of hydrogen-bond acceptors (Lipinski definition) is 3. The molecule has 2 aromatic heterocycles. The van der Waals surface area contributed by atoms with Gasteiger partial charge in [-0.05, 0) is 30.3 Å². The molecule has 0 aliphatic carbocycles. The number of nitrogens with zero attached hydrogens (tertiary/aromatic N) is 1. The first-order chi connectivity index (χ1) is 12.6. The van der Waals surface area contributed by atoms with E-state index in [9.17, 15) is 9.59 Å². The number of anilines is 1. The zero-order valence-corrected chi connectivity index (χ0v) is 13.8. The number of nitrogens with one attached hydrogen (secondary N) is 2. The van der Waals surface area contributed by atoms with E-state index in [2.05, 4.69) is 15.3 Å². The summed E-state index contributed by atoms with van der Waals surface area (Å²) in [5.74, 6) is -0.622. The highest BCUT2D eigenvalue weighted by atomic mass is 16.1. The number of primary amides is 1. The Morgan fingerprint density at radius 3 is 2.69 bits per heavy atom. The molecule has 2 amide bonds. The summed E-state index contributed by atoms with van der Waals surface area (Å²) in [4.78, 5) is 31.2. The normalized spacial score (nSPS) is 10.9. The molecule has 0 unspecified atom stereocenters. The molecule has 0 saturated carbocycles. The summed E-state index contributed by atoms with van der Waals surface area (Å²) in [6, 6.07) is 16.5. The van der Waals surface area contributed by atoms with Crippen LogP contribution in [0.3, 0.4) is 0 Å². The molecule has 0 aliphatic rings. The van der Waals surface area contributed by atoms with Gasteiger partial charge in [0.25, 0.3) is 5.91 Å². The predicted octanol–water partition coefficient (Wildman–Crippen LogP) is 3.00. The van der Waals surface area contributed by atoms with Crippen LogP contribution in [0.25, 0.3) is 21.8 Å². The lowest BCUT2D eigenvalue weighted by molar-refractivity contribution is -0.115. The van der Waals surface area contributed by atoms with Gasteiger partial charge in [0.2, 0.25) is 5.91 Å². The highest BCUT2D eigenvalue weighted by molar-refractivity contribution is 6.15. The van der Waals surface area contributed by atoms with Crippen LogP contribution in [0, 0.1) is 0 Å². The van der Waals surface area contributed by atoms with Crippen LogP contribution in [-0.2, 0) is 11.2 Å². The monoisotopic (exact) mass is 344 g/mol. The number of carbonyl (C=O) groups excluding carboxylic acids is 2. The Bertz CT molecular complexity index is 1130. The van der Waals surface area contributed by atoms with E-state index in [0.29, 0.717) is 22.5 Å². The molecule has 4 rings (SSSR count). The number of carbonyl (C=O) groups is 2. The van der Waals surface area contributed by atoms with Crippen molar-refractivity contribution in [3.05, 3.63) is 72.1 Å². The highest BCUT2D eigenvalue weighted by Gasteiger charge is 2.12. The standard InChI is InChI=1S/C20H16N4O2/c21-20(26)16-6-3-5-15-14-8-7-13(10-17(14)24-19(15)16)23-18(25)11-12-4-1-2-9-22-12/h1-10,24H,11H2,(H2,21,26)(H,23,25). The van der Waals surface area contributed by atoms with Gasteiger partial charge in [-0.1, -0.05) is 24.3 Å². The van der Waals surface area contributed by atoms with Crippen LogP contribution in [0.1, 0.15) is 16.1 Å². The number of amides is 2. The van der Waals surface area contributed by atoms with Gasteiger partial charge in [-0.15, -0.1) is 0 Å². The molecule has 0 atom stereocenters. The third kappa shape index (κ3) is 2.88. The Balaban J connectivity index is 1.65. The van der Waals surface area contributed by atoms with Gasteiger partial charge in [0.15, 0.2) is 0 Å². The maximum atomic E-state index is 12.2. The number of hydrogen-bond donors (Lipinski definition) is 3. The number of aromatic nitrogens is 2. The lowest BCUT2D eigenvalue weighted by Gasteiger charge is -2.05. The zero-order valence-electron chi connectivity index (χ0n) is 13.8. The summed E-state index contributed by atoms with van der Waals surface area (Å²) in [5.41, 5.74) is 8.80. The first kappa shape index (κ1) is 15.8. The first-order valence-electron chi connectivity index (χ1n) is 8.16. The molecule has 6 heteroatoms. The van der Waals surface area contributed by atoms with E-state index >= 15 is 0 Å². The molecule has 0 fully saturated rings. The van der Waals surface area contributed by atoms with Crippen LogP contribution >= 0.6 is 0 Å². The molecule has 6 nitrogen and oxygen atoms in total. The van der Waals surface area contributed by atoms with E-state index in [-0.39, 0.29) is 12.3 Å². The number of H-pyrrole nitrogens is 1. The lowest BCUT2D eigenvalue weighted by Crippen LogP contribution is -2.14. The third-order valence-electron chi connectivity index (χ3n) is 4.25. The van der Waals surface area contributed by atoms with Crippen LogP contribution in [-0.4, -0.2) is 21.8 Å². The van der Waals surface area contributed by atoms with E-state index in [4.69, 9.17) is 5.73 Å². The van der Waals surface area contributed by atoms with Crippen molar-refractivity contribution in [2.24, 2.45) is 5.73 Å². The second-order valence-electron chi connectivity index (χ2n) is 6.02. The molecule has 128 valence electrons. The number of pyridine rings is 1. The van der Waals surface area contributed by atoms with Crippen LogP contribution in [0.4, 0.5) is 5.69 Å². The average molecular weight is 344 g/mol. The maximum Gasteiger partial charge on any atom is 0.250 e. The summed E-state index contributed by atoms with van der Waals surface area (Å²) in [7, 11) is 0. The molecule has 4 aromatic rings. The van der Waals surface area contributed by atoms with E-state index in [1.807, 2.05) is 42.5 Å². The molecule has 0 bridgehead atoms. The third-order valence-corrected chi connectivity index (χ3v) is 4.25. The molecule has 4 N–H and O–H groups in total. The molecule has 0 saturated heterocycles. The van der Waals surface area contributed by atoms with Crippen molar-refractivity contribution in [3.8, 4) is 0 Å². The Hall–Kier alpha value is -3.67. The minimum absolute atomic E-state index is 0.142. The van der Waals surface area contributed by atoms with E-state index in [0.717, 1.165) is 16.3 Å². The van der Waals surface area contributed by atoms with Crippen molar-refractivity contribution >= 4 is 39.3 Å². The van der Waals surface area contributed by atoms with Gasteiger partial charge in [0, 0.05) is 33.9 Å². The fourth-order valence-corrected chi connectivity index (χ4v) is 3.08. The van der Waals surface area contributed by atoms with Crippen molar-refractivity contribution in [2.75, 3.05) is 5.32 Å². The molecule has 2 heterocycles. The van der Waals surface area contributed by atoms with E-state index < -0.39 is 5.91 Å². The first-order valence-corrected chi connectivity index (χ1v) is 8.16. The van der Waals surface area contributed by atoms with Crippen molar-refractivity contribution in [1.82, 2.24) is 9.97 Å². The Morgan fingerprint density at radius 2 is 1.92 bits per heavy atom. The number of aromatic amines is 1. The van der Waals surface area contributed by atoms with Gasteiger partial charge in [-0.2, -0.15) is 0 Å². The maximum absolute atomic E-state index is 12.2. The van der Waals surface area contributed by atoms with Crippen molar-refractivity contribution in [2.45, 2.75) is 6.42 Å². The van der Waals surface area contributed by atoms with Gasteiger partial charge in [0.05, 0.1) is 17.5 Å². The summed E-state index contributed by atoms with van der Waals surface area (Å²) >= 11 is 0. The largest absolute Gasteiger partial charge is 0.366 e. The summed E-state index contributed by atoms with van der Waals surface area (Å²) in [6.07, 6.45) is 1.87. The van der Waals surface area contributed by atoms with Crippen LogP contribution in [0.15, 0.2) is 60.8 Å². The van der Waals surface area contributed by atoms with Crippen LogP contribution in [0.5, 0.6) is 0 Å². The number of rotatable bonds is 4. The van der Waals surface area contributed by atoms with Crippen molar-refractivity contribution in [3.63, 3.8) is 0 Å². The van der Waals surface area contributed by atoms with Crippen molar-refractivity contribution in [1.29, 1.82) is 0 Å². The number of fused-ring (bicyclic) bond motifs is 3. The smallest absolute Gasteiger partial charge is 0.250 e. The molecule has 26 heavy (non-hydrogen) atoms. The average Bonchev–Trinajstić information content (AvgIpc) is 3.00. The Labute approximate surface area is 149 Å². The molecular formula is C20H16N4O2. The summed E-state index contributed by atoms with van der Waals surface area (Å²) in [5, 5.41) is 4.76. The van der Waals surface area contributed by atoms with Crippen LogP contribution < -0.4 is 11.1 Å². The van der Waals surface area contributed by atoms with Crippen LogP contribution in [0.2, 0.25) is 0 Å². The molecule has 0 spiro atoms. The molecule has 0 radical (unpaired) electrons. The number of para-hydroxylation sites is 1. The van der Waals surface area contributed by atoms with Gasteiger partial charge < -0.3 is 16.0 Å². The fraction of sp³-hybridized carbons (Fsp3) is 0.0500. The van der Waals surface area contributed by atoms with Crippen molar-refractivity contribution < 1.29 is 9.59 Å².